The third-order valence-corrected chi connectivity index (χ3v) is 4.95. The minimum Gasteiger partial charge on any atom is -0.324 e. The summed E-state index contributed by atoms with van der Waals surface area (Å²) < 4.78 is 0. The lowest BCUT2D eigenvalue weighted by molar-refractivity contribution is -0.122. The second-order valence-corrected chi connectivity index (χ2v) is 6.80. The van der Waals surface area contributed by atoms with E-state index >= 15 is 0 Å². The fraction of sp³-hybridized carbons (Fsp3) is 0.500. The van der Waals surface area contributed by atoms with Gasteiger partial charge in [-0.15, -0.1) is 12.4 Å². The molecule has 0 bridgehead atoms. The number of imide groups is 1. The van der Waals surface area contributed by atoms with Gasteiger partial charge in [0.25, 0.3) is 0 Å². The van der Waals surface area contributed by atoms with Gasteiger partial charge in [-0.25, -0.2) is 0 Å². The topological polar surface area (TPSA) is 92.5 Å². The van der Waals surface area contributed by atoms with Crippen LogP contribution in [0, 0.1) is 6.92 Å². The van der Waals surface area contributed by atoms with E-state index in [-0.39, 0.29) is 43.0 Å². The summed E-state index contributed by atoms with van der Waals surface area (Å²) in [7, 11) is 0. The normalized spacial score (nSPS) is 19.5. The Morgan fingerprint density at radius 2 is 1.72 bits per heavy atom. The van der Waals surface area contributed by atoms with Gasteiger partial charge in [-0.2, -0.15) is 0 Å². The van der Waals surface area contributed by atoms with E-state index in [0.717, 1.165) is 24.8 Å². The zero-order valence-electron chi connectivity index (χ0n) is 14.3. The van der Waals surface area contributed by atoms with Crippen molar-refractivity contribution < 1.29 is 14.4 Å². The average Bonchev–Trinajstić information content (AvgIpc) is 2.87. The van der Waals surface area contributed by atoms with Crippen molar-refractivity contribution in [2.24, 2.45) is 5.73 Å². The van der Waals surface area contributed by atoms with Gasteiger partial charge in [-0.05, 0) is 43.5 Å². The van der Waals surface area contributed by atoms with Crippen LogP contribution in [0.15, 0.2) is 18.2 Å². The highest BCUT2D eigenvalue weighted by atomic mass is 35.5. The molecule has 1 aromatic rings. The SMILES string of the molecule is Cc1cc(NC(=O)C2(N)CCCCC2)ccc1N1C(=O)CCC1=O.Cl. The van der Waals surface area contributed by atoms with E-state index in [1.165, 1.54) is 4.90 Å². The number of hydrogen-bond acceptors (Lipinski definition) is 4. The maximum atomic E-state index is 12.5. The zero-order chi connectivity index (χ0) is 17.3. The molecule has 1 heterocycles. The first kappa shape index (κ1) is 19.4. The Hall–Kier alpha value is -1.92. The fourth-order valence-electron chi connectivity index (χ4n) is 3.49. The van der Waals surface area contributed by atoms with Crippen molar-refractivity contribution in [2.45, 2.75) is 57.4 Å². The van der Waals surface area contributed by atoms with Crippen molar-refractivity contribution >= 4 is 41.5 Å². The molecule has 3 amide bonds. The van der Waals surface area contributed by atoms with Crippen LogP contribution in [0.25, 0.3) is 0 Å². The van der Waals surface area contributed by atoms with E-state index in [2.05, 4.69) is 5.32 Å². The monoisotopic (exact) mass is 365 g/mol. The molecule has 1 saturated heterocycles. The largest absolute Gasteiger partial charge is 0.324 e. The van der Waals surface area contributed by atoms with E-state index in [4.69, 9.17) is 5.73 Å². The van der Waals surface area contributed by atoms with Gasteiger partial charge in [0.15, 0.2) is 0 Å². The maximum absolute atomic E-state index is 12.5. The number of carbonyl (C=O) groups excluding carboxylic acids is 3. The summed E-state index contributed by atoms with van der Waals surface area (Å²) in [5.74, 6) is -0.520. The molecule has 1 saturated carbocycles. The number of benzene rings is 1. The number of aryl methyl sites for hydroxylation is 1. The number of rotatable bonds is 3. The van der Waals surface area contributed by atoms with Crippen LogP contribution in [-0.4, -0.2) is 23.3 Å². The van der Waals surface area contributed by atoms with Gasteiger partial charge in [-0.3, -0.25) is 19.3 Å². The molecule has 1 aromatic carbocycles. The van der Waals surface area contributed by atoms with Crippen molar-refractivity contribution in [3.63, 3.8) is 0 Å². The summed E-state index contributed by atoms with van der Waals surface area (Å²) in [6.45, 7) is 1.82. The molecule has 0 radical (unpaired) electrons. The molecule has 1 aliphatic heterocycles. The van der Waals surface area contributed by atoms with Crippen LogP contribution >= 0.6 is 12.4 Å². The highest BCUT2D eigenvalue weighted by Gasteiger charge is 2.35. The molecule has 1 aliphatic carbocycles. The number of anilines is 2. The highest BCUT2D eigenvalue weighted by Crippen LogP contribution is 2.30. The molecule has 3 N–H and O–H groups in total. The molecule has 0 spiro atoms. The van der Waals surface area contributed by atoms with Gasteiger partial charge in [0, 0.05) is 18.5 Å². The number of hydrogen-bond donors (Lipinski definition) is 2. The van der Waals surface area contributed by atoms with Crippen molar-refractivity contribution in [1.82, 2.24) is 0 Å². The van der Waals surface area contributed by atoms with Crippen molar-refractivity contribution in [1.29, 1.82) is 0 Å². The predicted molar refractivity (Wildman–Crippen MR) is 98.8 cm³/mol. The summed E-state index contributed by atoms with van der Waals surface area (Å²) in [6.07, 6.45) is 4.98. The van der Waals surface area contributed by atoms with E-state index in [1.54, 1.807) is 18.2 Å². The van der Waals surface area contributed by atoms with E-state index in [0.29, 0.717) is 24.2 Å². The number of halogens is 1. The van der Waals surface area contributed by atoms with Crippen LogP contribution in [0.1, 0.15) is 50.5 Å². The zero-order valence-corrected chi connectivity index (χ0v) is 15.2. The number of nitrogens with two attached hydrogens (primary N) is 1. The summed E-state index contributed by atoms with van der Waals surface area (Å²) in [5, 5.41) is 2.88. The van der Waals surface area contributed by atoms with Crippen molar-refractivity contribution in [3.8, 4) is 0 Å². The predicted octanol–water partition coefficient (Wildman–Crippen LogP) is 2.67. The van der Waals surface area contributed by atoms with E-state index in [9.17, 15) is 14.4 Å². The summed E-state index contributed by atoms with van der Waals surface area (Å²) in [5.41, 5.74) is 7.43. The molecule has 7 heteroatoms. The number of nitrogens with zero attached hydrogens (tertiary/aromatic N) is 1. The standard InChI is InChI=1S/C18H23N3O3.ClH/c1-12-11-13(20-17(24)18(19)9-3-2-4-10-18)5-6-14(12)21-15(22)7-8-16(21)23;/h5-6,11H,2-4,7-10,19H2,1H3,(H,20,24);1H. The smallest absolute Gasteiger partial charge is 0.244 e. The van der Waals surface area contributed by atoms with Gasteiger partial charge in [0.05, 0.1) is 11.2 Å². The van der Waals surface area contributed by atoms with Gasteiger partial charge < -0.3 is 11.1 Å². The van der Waals surface area contributed by atoms with Gasteiger partial charge >= 0.3 is 0 Å². The minimum absolute atomic E-state index is 0. The van der Waals surface area contributed by atoms with Crippen LogP contribution in [0.5, 0.6) is 0 Å². The fourth-order valence-corrected chi connectivity index (χ4v) is 3.49. The Morgan fingerprint density at radius 3 is 2.28 bits per heavy atom. The maximum Gasteiger partial charge on any atom is 0.244 e. The Kier molecular flexibility index (Phi) is 5.85. The lowest BCUT2D eigenvalue weighted by Gasteiger charge is -2.31. The lowest BCUT2D eigenvalue weighted by atomic mass is 9.82. The molecule has 0 atom stereocenters. The lowest BCUT2D eigenvalue weighted by Crippen LogP contribution is -2.52. The highest BCUT2D eigenvalue weighted by molar-refractivity contribution is 6.20. The third-order valence-electron chi connectivity index (χ3n) is 4.95. The molecule has 2 fully saturated rings. The molecule has 3 rings (SSSR count). The van der Waals surface area contributed by atoms with Gasteiger partial charge in [0.2, 0.25) is 17.7 Å². The first-order valence-electron chi connectivity index (χ1n) is 8.47. The van der Waals surface area contributed by atoms with Gasteiger partial charge in [0.1, 0.15) is 0 Å². The van der Waals surface area contributed by atoms with Crippen molar-refractivity contribution in [2.75, 3.05) is 10.2 Å². The van der Waals surface area contributed by atoms with Crippen LogP contribution in [0.2, 0.25) is 0 Å². The Bertz CT molecular complexity index is 683. The van der Waals surface area contributed by atoms with Crippen LogP contribution < -0.4 is 16.0 Å². The Morgan fingerprint density at radius 1 is 1.12 bits per heavy atom. The Balaban J connectivity index is 0.00000225. The molecular weight excluding hydrogens is 342 g/mol. The molecular formula is C18H24ClN3O3. The molecule has 0 unspecified atom stereocenters. The second kappa shape index (κ2) is 7.54. The van der Waals surface area contributed by atoms with Crippen molar-refractivity contribution in [3.05, 3.63) is 23.8 Å². The molecule has 136 valence electrons. The summed E-state index contributed by atoms with van der Waals surface area (Å²) in [6, 6.07) is 5.19. The minimum atomic E-state index is -0.800. The number of nitrogens with one attached hydrogen (secondary N) is 1. The first-order valence-corrected chi connectivity index (χ1v) is 8.47. The molecule has 6 nitrogen and oxygen atoms in total. The average molecular weight is 366 g/mol. The Labute approximate surface area is 153 Å². The molecule has 0 aromatic heterocycles. The second-order valence-electron chi connectivity index (χ2n) is 6.80. The van der Waals surface area contributed by atoms with E-state index in [1.807, 2.05) is 6.92 Å². The molecule has 2 aliphatic rings. The van der Waals surface area contributed by atoms with Crippen LogP contribution in [0.3, 0.4) is 0 Å². The number of carbonyl (C=O) groups is 3. The van der Waals surface area contributed by atoms with Gasteiger partial charge in [-0.1, -0.05) is 19.3 Å². The first-order chi connectivity index (χ1) is 11.4. The number of amides is 3. The summed E-state index contributed by atoms with van der Waals surface area (Å²) in [4.78, 5) is 37.5. The van der Waals surface area contributed by atoms with E-state index < -0.39 is 5.54 Å². The van der Waals surface area contributed by atoms with Crippen LogP contribution in [0.4, 0.5) is 11.4 Å². The summed E-state index contributed by atoms with van der Waals surface area (Å²) >= 11 is 0. The third kappa shape index (κ3) is 3.85. The quantitative estimate of drug-likeness (QED) is 0.805. The van der Waals surface area contributed by atoms with Crippen LogP contribution in [-0.2, 0) is 14.4 Å². The molecule has 25 heavy (non-hydrogen) atoms.